The smallest absolute Gasteiger partial charge is 0.257 e. The van der Waals surface area contributed by atoms with Crippen molar-refractivity contribution in [2.75, 3.05) is 13.1 Å². The quantitative estimate of drug-likeness (QED) is 0.807. The van der Waals surface area contributed by atoms with E-state index in [0.717, 1.165) is 50.0 Å². The summed E-state index contributed by atoms with van der Waals surface area (Å²) < 4.78 is 0. The van der Waals surface area contributed by atoms with Crippen LogP contribution in [0.15, 0.2) is 30.5 Å². The number of hydrogen-bond donors (Lipinski definition) is 1. The van der Waals surface area contributed by atoms with E-state index in [4.69, 9.17) is 0 Å². The fourth-order valence-electron chi connectivity index (χ4n) is 5.26. The number of piperidine rings is 2. The molecule has 0 spiro atoms. The molecule has 2 amide bonds. The Morgan fingerprint density at radius 3 is 2.48 bits per heavy atom. The number of amides is 2. The largest absolute Gasteiger partial charge is 0.342 e. The maximum Gasteiger partial charge on any atom is 0.257 e. The van der Waals surface area contributed by atoms with E-state index in [-0.39, 0.29) is 29.8 Å². The maximum atomic E-state index is 13.3. The molecule has 0 saturated carbocycles. The van der Waals surface area contributed by atoms with Crippen LogP contribution in [-0.4, -0.2) is 57.0 Å². The molecule has 2 saturated heterocycles. The Balaban J connectivity index is 1.39. The minimum absolute atomic E-state index is 0.0985. The van der Waals surface area contributed by atoms with Crippen LogP contribution in [0.3, 0.4) is 0 Å². The lowest BCUT2D eigenvalue weighted by Crippen LogP contribution is -2.47. The zero-order valence-corrected chi connectivity index (χ0v) is 18.9. The van der Waals surface area contributed by atoms with Gasteiger partial charge in [-0.3, -0.25) is 14.7 Å². The van der Waals surface area contributed by atoms with Gasteiger partial charge in [0.25, 0.3) is 5.91 Å². The van der Waals surface area contributed by atoms with E-state index in [2.05, 4.69) is 30.1 Å². The predicted octanol–water partition coefficient (Wildman–Crippen LogP) is 4.07. The number of aryl methyl sites for hydroxylation is 1. The Bertz CT molecular complexity index is 919. The molecule has 1 aromatic carbocycles. The highest BCUT2D eigenvalue weighted by Gasteiger charge is 2.34. The third-order valence-electron chi connectivity index (χ3n) is 7.02. The van der Waals surface area contributed by atoms with Crippen molar-refractivity contribution >= 4 is 11.8 Å². The van der Waals surface area contributed by atoms with Crippen LogP contribution in [0.4, 0.5) is 0 Å². The number of H-pyrrole nitrogens is 1. The van der Waals surface area contributed by atoms with E-state index < -0.39 is 0 Å². The van der Waals surface area contributed by atoms with Gasteiger partial charge in [0.1, 0.15) is 0 Å². The molecule has 2 aliphatic heterocycles. The molecule has 0 aliphatic carbocycles. The number of likely N-dealkylation sites (tertiary alicyclic amines) is 2. The van der Waals surface area contributed by atoms with Crippen molar-refractivity contribution in [3.05, 3.63) is 52.8 Å². The lowest BCUT2D eigenvalue weighted by Gasteiger charge is -2.39. The third-order valence-corrected chi connectivity index (χ3v) is 7.02. The second-order valence-electron chi connectivity index (χ2n) is 9.36. The average molecular weight is 423 g/mol. The molecule has 3 heterocycles. The molecule has 6 heteroatoms. The molecule has 31 heavy (non-hydrogen) atoms. The topological polar surface area (TPSA) is 69.3 Å². The van der Waals surface area contributed by atoms with Crippen LogP contribution in [-0.2, 0) is 11.2 Å². The van der Waals surface area contributed by atoms with Gasteiger partial charge in [-0.1, -0.05) is 29.8 Å². The van der Waals surface area contributed by atoms with Crippen molar-refractivity contribution in [1.29, 1.82) is 0 Å². The highest BCUT2D eigenvalue weighted by molar-refractivity contribution is 5.95. The van der Waals surface area contributed by atoms with E-state index in [0.29, 0.717) is 12.0 Å². The standard InChI is InChI=1S/C25H34N4O2/c1-17-6-4-9-20(14-17)15-23(30)28-12-10-21(11-13-28)24-22(16-26-27-24)25(31)29-18(2)7-5-8-19(29)3/h4,6,9,14,16,18-19,21H,5,7-8,10-13,15H2,1-3H3,(H,26,27)/t18-,19-/m0/s1. The molecule has 4 rings (SSSR count). The van der Waals surface area contributed by atoms with E-state index >= 15 is 0 Å². The van der Waals surface area contributed by atoms with Crippen molar-refractivity contribution in [1.82, 2.24) is 20.0 Å². The van der Waals surface area contributed by atoms with Crippen molar-refractivity contribution < 1.29 is 9.59 Å². The zero-order chi connectivity index (χ0) is 22.0. The van der Waals surface area contributed by atoms with Gasteiger partial charge in [0.15, 0.2) is 0 Å². The SMILES string of the molecule is Cc1cccc(CC(=O)N2CCC(c3[nH]ncc3C(=O)N3[C@@H](C)CCC[C@@H]3C)CC2)c1. The van der Waals surface area contributed by atoms with Crippen LogP contribution in [0.25, 0.3) is 0 Å². The summed E-state index contributed by atoms with van der Waals surface area (Å²) in [5, 5.41) is 7.34. The Morgan fingerprint density at radius 2 is 1.81 bits per heavy atom. The van der Waals surface area contributed by atoms with Crippen LogP contribution in [0.5, 0.6) is 0 Å². The van der Waals surface area contributed by atoms with Crippen molar-refractivity contribution in [3.8, 4) is 0 Å². The number of hydrogen-bond acceptors (Lipinski definition) is 3. The van der Waals surface area contributed by atoms with Gasteiger partial charge >= 0.3 is 0 Å². The number of nitrogens with one attached hydrogen (secondary N) is 1. The summed E-state index contributed by atoms with van der Waals surface area (Å²) >= 11 is 0. The number of carbonyl (C=O) groups is 2. The number of benzene rings is 1. The summed E-state index contributed by atoms with van der Waals surface area (Å²) in [6, 6.07) is 8.68. The van der Waals surface area contributed by atoms with Crippen LogP contribution in [0.1, 0.15) is 79.0 Å². The fourth-order valence-corrected chi connectivity index (χ4v) is 5.26. The lowest BCUT2D eigenvalue weighted by atomic mass is 9.90. The van der Waals surface area contributed by atoms with E-state index in [1.807, 2.05) is 34.9 Å². The molecule has 1 aromatic heterocycles. The van der Waals surface area contributed by atoms with Gasteiger partial charge in [0.2, 0.25) is 5.91 Å². The first kappa shape index (κ1) is 21.6. The van der Waals surface area contributed by atoms with Crippen molar-refractivity contribution in [2.24, 2.45) is 0 Å². The molecule has 2 aliphatic rings. The first-order chi connectivity index (χ1) is 14.9. The summed E-state index contributed by atoms with van der Waals surface area (Å²) in [7, 11) is 0. The van der Waals surface area contributed by atoms with Crippen LogP contribution >= 0.6 is 0 Å². The summed E-state index contributed by atoms with van der Waals surface area (Å²) in [5.41, 5.74) is 3.90. The Kier molecular flexibility index (Phi) is 6.44. The Morgan fingerprint density at radius 1 is 1.10 bits per heavy atom. The van der Waals surface area contributed by atoms with Crippen LogP contribution in [0.2, 0.25) is 0 Å². The fraction of sp³-hybridized carbons (Fsp3) is 0.560. The minimum atomic E-state index is 0.0985. The van der Waals surface area contributed by atoms with Gasteiger partial charge in [0, 0.05) is 31.1 Å². The van der Waals surface area contributed by atoms with Gasteiger partial charge in [0.05, 0.1) is 23.9 Å². The lowest BCUT2D eigenvalue weighted by molar-refractivity contribution is -0.131. The maximum absolute atomic E-state index is 13.3. The number of aromatic nitrogens is 2. The summed E-state index contributed by atoms with van der Waals surface area (Å²) in [6.07, 6.45) is 7.15. The van der Waals surface area contributed by atoms with E-state index in [9.17, 15) is 9.59 Å². The van der Waals surface area contributed by atoms with Gasteiger partial charge < -0.3 is 9.80 Å². The highest BCUT2D eigenvalue weighted by atomic mass is 16.2. The highest BCUT2D eigenvalue weighted by Crippen LogP contribution is 2.32. The molecule has 166 valence electrons. The zero-order valence-electron chi connectivity index (χ0n) is 18.9. The van der Waals surface area contributed by atoms with Crippen LogP contribution < -0.4 is 0 Å². The summed E-state index contributed by atoms with van der Waals surface area (Å²) in [5.74, 6) is 0.516. The van der Waals surface area contributed by atoms with Gasteiger partial charge in [-0.25, -0.2) is 0 Å². The molecule has 6 nitrogen and oxygen atoms in total. The second kappa shape index (κ2) is 9.25. The molecule has 0 unspecified atom stereocenters. The van der Waals surface area contributed by atoms with E-state index in [1.165, 1.54) is 12.0 Å². The monoisotopic (exact) mass is 422 g/mol. The van der Waals surface area contributed by atoms with Crippen LogP contribution in [0, 0.1) is 6.92 Å². The molecule has 2 atom stereocenters. The molecule has 2 aromatic rings. The number of aromatic amines is 1. The third kappa shape index (κ3) is 4.68. The van der Waals surface area contributed by atoms with Crippen molar-refractivity contribution in [2.45, 2.75) is 77.3 Å². The molecule has 2 fully saturated rings. The molecular formula is C25H34N4O2. The minimum Gasteiger partial charge on any atom is -0.342 e. The number of rotatable bonds is 4. The first-order valence-electron chi connectivity index (χ1n) is 11.6. The molecule has 0 bridgehead atoms. The number of nitrogens with zero attached hydrogens (tertiary/aromatic N) is 3. The Labute approximate surface area is 185 Å². The average Bonchev–Trinajstić information content (AvgIpc) is 3.23. The molecule has 1 N–H and O–H groups in total. The van der Waals surface area contributed by atoms with Gasteiger partial charge in [-0.2, -0.15) is 5.10 Å². The second-order valence-corrected chi connectivity index (χ2v) is 9.36. The van der Waals surface area contributed by atoms with Gasteiger partial charge in [-0.15, -0.1) is 0 Å². The molecule has 0 radical (unpaired) electrons. The summed E-state index contributed by atoms with van der Waals surface area (Å²) in [4.78, 5) is 30.1. The van der Waals surface area contributed by atoms with Crippen molar-refractivity contribution in [3.63, 3.8) is 0 Å². The molecular weight excluding hydrogens is 388 g/mol. The normalized spacial score (nSPS) is 22.5. The Hall–Kier alpha value is -2.63. The summed E-state index contributed by atoms with van der Waals surface area (Å²) in [6.45, 7) is 7.78. The first-order valence-corrected chi connectivity index (χ1v) is 11.6. The van der Waals surface area contributed by atoms with Gasteiger partial charge in [-0.05, 0) is 58.4 Å². The number of carbonyl (C=O) groups excluding carboxylic acids is 2. The predicted molar refractivity (Wildman–Crippen MR) is 121 cm³/mol. The van der Waals surface area contributed by atoms with E-state index in [1.54, 1.807) is 6.20 Å².